The lowest BCUT2D eigenvalue weighted by atomic mass is 10.1. The lowest BCUT2D eigenvalue weighted by molar-refractivity contribution is 0.901. The van der Waals surface area contributed by atoms with Gasteiger partial charge in [0.25, 0.3) is 0 Å². The van der Waals surface area contributed by atoms with Gasteiger partial charge >= 0.3 is 0 Å². The Kier molecular flexibility index (Phi) is 2.87. The fourth-order valence-electron chi connectivity index (χ4n) is 2.57. The number of benzene rings is 1. The monoisotopic (exact) mass is 354 g/mol. The van der Waals surface area contributed by atoms with Gasteiger partial charge in [-0.3, -0.25) is 4.98 Å². The Labute approximate surface area is 117 Å². The number of nitrogens with one attached hydrogen (secondary N) is 1. The highest BCUT2D eigenvalue weighted by atomic mass is 79.9. The smallest absolute Gasteiger partial charge is 0.0869 e. The van der Waals surface area contributed by atoms with Crippen LogP contribution in [0.3, 0.4) is 0 Å². The first kappa shape index (κ1) is 11.5. The number of fused-ring (bicyclic) bond motifs is 2. The Balaban J connectivity index is 2.45. The number of hydrogen-bond acceptors (Lipinski definition) is 2. The topological polar surface area (TPSA) is 24.9 Å². The lowest BCUT2D eigenvalue weighted by Crippen LogP contribution is -1.99. The second kappa shape index (κ2) is 4.25. The molecule has 0 unspecified atom stereocenters. The molecule has 2 nitrogen and oxygen atoms in total. The van der Waals surface area contributed by atoms with Crippen molar-refractivity contribution in [2.24, 2.45) is 0 Å². The van der Waals surface area contributed by atoms with Crippen LogP contribution in [0.15, 0.2) is 21.1 Å². The second-order valence-corrected chi connectivity index (χ2v) is 6.07. The Morgan fingerprint density at radius 2 is 2.06 bits per heavy atom. The van der Waals surface area contributed by atoms with Crippen molar-refractivity contribution in [1.82, 2.24) is 4.98 Å². The number of aryl methyl sites for hydroxylation is 1. The van der Waals surface area contributed by atoms with Crippen LogP contribution in [0.1, 0.15) is 17.7 Å². The number of aromatic nitrogens is 1. The van der Waals surface area contributed by atoms with Crippen molar-refractivity contribution in [2.45, 2.75) is 19.3 Å². The van der Waals surface area contributed by atoms with Crippen LogP contribution in [-0.4, -0.2) is 12.0 Å². The van der Waals surface area contributed by atoms with Crippen molar-refractivity contribution < 1.29 is 0 Å². The summed E-state index contributed by atoms with van der Waals surface area (Å²) in [5, 5.41) is 4.53. The SMILES string of the molecule is CNc1c2c(nc3c(Br)cc(Br)cc13)CCC2. The zero-order valence-corrected chi connectivity index (χ0v) is 12.7. The second-order valence-electron chi connectivity index (χ2n) is 4.30. The van der Waals surface area contributed by atoms with Crippen LogP contribution in [0, 0.1) is 0 Å². The summed E-state index contributed by atoms with van der Waals surface area (Å²) in [5.74, 6) is 0. The van der Waals surface area contributed by atoms with Gasteiger partial charge in [-0.15, -0.1) is 0 Å². The summed E-state index contributed by atoms with van der Waals surface area (Å²) in [4.78, 5) is 4.80. The fraction of sp³-hybridized carbons (Fsp3) is 0.308. The van der Waals surface area contributed by atoms with E-state index in [1.54, 1.807) is 0 Å². The van der Waals surface area contributed by atoms with E-state index in [1.807, 2.05) is 7.05 Å². The molecule has 1 heterocycles. The number of rotatable bonds is 1. The van der Waals surface area contributed by atoms with Gasteiger partial charge in [0.15, 0.2) is 0 Å². The molecule has 1 aromatic carbocycles. The number of pyridine rings is 1. The van der Waals surface area contributed by atoms with E-state index in [2.05, 4.69) is 49.3 Å². The molecule has 2 aromatic rings. The van der Waals surface area contributed by atoms with Crippen LogP contribution < -0.4 is 5.32 Å². The average Bonchev–Trinajstić information content (AvgIpc) is 2.74. The van der Waals surface area contributed by atoms with Crippen LogP contribution in [0.2, 0.25) is 0 Å². The van der Waals surface area contributed by atoms with E-state index in [-0.39, 0.29) is 0 Å². The Morgan fingerprint density at radius 3 is 2.82 bits per heavy atom. The minimum atomic E-state index is 1.05. The number of anilines is 1. The van der Waals surface area contributed by atoms with Crippen molar-refractivity contribution in [1.29, 1.82) is 0 Å². The highest BCUT2D eigenvalue weighted by molar-refractivity contribution is 9.11. The van der Waals surface area contributed by atoms with E-state index in [1.165, 1.54) is 28.8 Å². The van der Waals surface area contributed by atoms with Gasteiger partial charge in [-0.25, -0.2) is 0 Å². The van der Waals surface area contributed by atoms with Gasteiger partial charge in [-0.05, 0) is 52.9 Å². The average molecular weight is 356 g/mol. The standard InChI is InChI=1S/C13H12Br2N2/c1-16-12-8-3-2-4-11(8)17-13-9(12)5-7(14)6-10(13)15/h5-6H,2-4H2,1H3,(H,16,17). The van der Waals surface area contributed by atoms with Gasteiger partial charge in [0, 0.05) is 32.8 Å². The molecule has 0 radical (unpaired) electrons. The molecule has 17 heavy (non-hydrogen) atoms. The van der Waals surface area contributed by atoms with Crippen LogP contribution in [0.25, 0.3) is 10.9 Å². The molecule has 0 bridgehead atoms. The first-order chi connectivity index (χ1) is 8.20. The molecule has 88 valence electrons. The van der Waals surface area contributed by atoms with Crippen molar-refractivity contribution in [2.75, 3.05) is 12.4 Å². The summed E-state index contributed by atoms with van der Waals surface area (Å²) in [6.45, 7) is 0. The zero-order valence-electron chi connectivity index (χ0n) is 9.48. The fourth-order valence-corrected chi connectivity index (χ4v) is 3.89. The van der Waals surface area contributed by atoms with Crippen LogP contribution in [0.4, 0.5) is 5.69 Å². The summed E-state index contributed by atoms with van der Waals surface area (Å²) in [6, 6.07) is 4.19. The molecule has 0 saturated carbocycles. The Morgan fingerprint density at radius 1 is 1.24 bits per heavy atom. The minimum Gasteiger partial charge on any atom is -0.387 e. The molecule has 1 aromatic heterocycles. The molecule has 0 amide bonds. The van der Waals surface area contributed by atoms with Crippen LogP contribution in [-0.2, 0) is 12.8 Å². The molecular formula is C13H12Br2N2. The van der Waals surface area contributed by atoms with Crippen LogP contribution in [0.5, 0.6) is 0 Å². The molecule has 1 aliphatic carbocycles. The molecular weight excluding hydrogens is 344 g/mol. The first-order valence-electron chi connectivity index (χ1n) is 5.69. The predicted molar refractivity (Wildman–Crippen MR) is 78.7 cm³/mol. The van der Waals surface area contributed by atoms with Gasteiger partial charge in [-0.1, -0.05) is 15.9 Å². The van der Waals surface area contributed by atoms with Crippen molar-refractivity contribution in [3.63, 3.8) is 0 Å². The maximum absolute atomic E-state index is 4.80. The number of halogens is 2. The molecule has 0 atom stereocenters. The van der Waals surface area contributed by atoms with E-state index >= 15 is 0 Å². The van der Waals surface area contributed by atoms with E-state index in [0.29, 0.717) is 0 Å². The maximum atomic E-state index is 4.80. The van der Waals surface area contributed by atoms with E-state index in [9.17, 15) is 0 Å². The first-order valence-corrected chi connectivity index (χ1v) is 7.27. The minimum absolute atomic E-state index is 1.05. The molecule has 4 heteroatoms. The summed E-state index contributed by atoms with van der Waals surface area (Å²) in [7, 11) is 1.99. The molecule has 3 rings (SSSR count). The highest BCUT2D eigenvalue weighted by Crippen LogP contribution is 2.37. The summed E-state index contributed by atoms with van der Waals surface area (Å²) in [5.41, 5.74) is 4.94. The van der Waals surface area contributed by atoms with Gasteiger partial charge in [-0.2, -0.15) is 0 Å². The third kappa shape index (κ3) is 1.78. The van der Waals surface area contributed by atoms with Crippen molar-refractivity contribution in [3.8, 4) is 0 Å². The quantitative estimate of drug-likeness (QED) is 0.825. The largest absolute Gasteiger partial charge is 0.387 e. The molecule has 0 saturated heterocycles. The summed E-state index contributed by atoms with van der Waals surface area (Å²) >= 11 is 7.14. The third-order valence-electron chi connectivity index (χ3n) is 3.28. The van der Waals surface area contributed by atoms with Crippen molar-refractivity contribution in [3.05, 3.63) is 32.3 Å². The molecule has 0 spiro atoms. The zero-order chi connectivity index (χ0) is 12.0. The number of hydrogen-bond donors (Lipinski definition) is 1. The predicted octanol–water partition coefficient (Wildman–Crippen LogP) is 4.29. The highest BCUT2D eigenvalue weighted by Gasteiger charge is 2.20. The molecule has 0 fully saturated rings. The van der Waals surface area contributed by atoms with E-state index in [0.717, 1.165) is 27.3 Å². The van der Waals surface area contributed by atoms with Gasteiger partial charge in [0.1, 0.15) is 0 Å². The van der Waals surface area contributed by atoms with Gasteiger partial charge in [0.2, 0.25) is 0 Å². The molecule has 1 N–H and O–H groups in total. The van der Waals surface area contributed by atoms with Gasteiger partial charge < -0.3 is 5.32 Å². The Hall–Kier alpha value is -0.610. The lowest BCUT2D eigenvalue weighted by Gasteiger charge is -2.13. The Bertz CT molecular complexity index is 608. The van der Waals surface area contributed by atoms with Crippen LogP contribution >= 0.6 is 31.9 Å². The van der Waals surface area contributed by atoms with Crippen molar-refractivity contribution >= 4 is 48.5 Å². The van der Waals surface area contributed by atoms with E-state index in [4.69, 9.17) is 4.98 Å². The summed E-state index contributed by atoms with van der Waals surface area (Å²) < 4.78 is 2.13. The third-order valence-corrected chi connectivity index (χ3v) is 4.35. The normalized spacial score (nSPS) is 14.1. The van der Waals surface area contributed by atoms with E-state index < -0.39 is 0 Å². The summed E-state index contributed by atoms with van der Waals surface area (Å²) in [6.07, 6.45) is 3.45. The number of nitrogens with zero attached hydrogens (tertiary/aromatic N) is 1. The molecule has 0 aliphatic heterocycles. The van der Waals surface area contributed by atoms with Gasteiger partial charge in [0.05, 0.1) is 5.52 Å². The molecule has 1 aliphatic rings. The maximum Gasteiger partial charge on any atom is 0.0869 e.